The van der Waals surface area contributed by atoms with Crippen LogP contribution in [0.5, 0.6) is 0 Å². The third-order valence-electron chi connectivity index (χ3n) is 2.44. The van der Waals surface area contributed by atoms with Crippen molar-refractivity contribution in [2.45, 2.75) is 0 Å². The average molecular weight is 344 g/mol. The second kappa shape index (κ2) is 5.59. The number of carbonyl (C=O) groups is 1. The van der Waals surface area contributed by atoms with Crippen molar-refractivity contribution in [3.05, 3.63) is 57.3 Å². The van der Waals surface area contributed by atoms with E-state index in [1.54, 1.807) is 18.2 Å². The first-order valence-electron chi connectivity index (χ1n) is 5.29. The van der Waals surface area contributed by atoms with Gasteiger partial charge in [-0.3, -0.25) is 4.79 Å². The summed E-state index contributed by atoms with van der Waals surface area (Å²) in [6, 6.07) is 8.79. The van der Waals surface area contributed by atoms with Crippen LogP contribution in [0, 0.1) is 5.82 Å². The third-order valence-corrected chi connectivity index (χ3v) is 3.33. The fraction of sp³-hybridized carbons (Fsp3) is 0. The molecule has 0 saturated heterocycles. The van der Waals surface area contributed by atoms with E-state index in [4.69, 9.17) is 17.3 Å². The molecular weight excluding hydrogens is 335 g/mol. The van der Waals surface area contributed by atoms with Crippen LogP contribution < -0.4 is 11.1 Å². The summed E-state index contributed by atoms with van der Waals surface area (Å²) in [7, 11) is 0. The Balaban J connectivity index is 2.23. The Kier molecular flexibility index (Phi) is 4.07. The van der Waals surface area contributed by atoms with Gasteiger partial charge in [0.1, 0.15) is 5.82 Å². The second-order valence-corrected chi connectivity index (χ2v) is 5.11. The number of hydrogen-bond acceptors (Lipinski definition) is 2. The average Bonchev–Trinajstić information content (AvgIpc) is 2.36. The monoisotopic (exact) mass is 342 g/mol. The zero-order chi connectivity index (χ0) is 14.0. The first-order chi connectivity index (χ1) is 8.97. The van der Waals surface area contributed by atoms with Gasteiger partial charge in [0.25, 0.3) is 5.91 Å². The van der Waals surface area contributed by atoms with Gasteiger partial charge in [-0.1, -0.05) is 11.6 Å². The van der Waals surface area contributed by atoms with E-state index in [0.717, 1.165) is 6.07 Å². The number of nitrogen functional groups attached to an aromatic ring is 1. The Labute approximate surface area is 122 Å². The Morgan fingerprint density at radius 2 is 2.00 bits per heavy atom. The van der Waals surface area contributed by atoms with Gasteiger partial charge in [-0.2, -0.15) is 0 Å². The number of benzene rings is 2. The summed E-state index contributed by atoms with van der Waals surface area (Å²) in [6.07, 6.45) is 0. The second-order valence-electron chi connectivity index (χ2n) is 3.81. The van der Waals surface area contributed by atoms with Crippen LogP contribution in [0.4, 0.5) is 15.8 Å². The minimum absolute atomic E-state index is 0.0668. The van der Waals surface area contributed by atoms with Crippen molar-refractivity contribution in [1.29, 1.82) is 0 Å². The van der Waals surface area contributed by atoms with Crippen molar-refractivity contribution in [3.63, 3.8) is 0 Å². The molecule has 0 unspecified atom stereocenters. The summed E-state index contributed by atoms with van der Waals surface area (Å²) in [4.78, 5) is 12.0. The molecule has 98 valence electrons. The molecule has 3 nitrogen and oxygen atoms in total. The maximum absolute atomic E-state index is 13.0. The summed E-state index contributed by atoms with van der Waals surface area (Å²) >= 11 is 9.10. The molecule has 19 heavy (non-hydrogen) atoms. The predicted molar refractivity (Wildman–Crippen MR) is 77.9 cm³/mol. The summed E-state index contributed by atoms with van der Waals surface area (Å²) < 4.78 is 13.7. The molecule has 1 amide bonds. The maximum atomic E-state index is 13.0. The highest BCUT2D eigenvalue weighted by atomic mass is 79.9. The van der Waals surface area contributed by atoms with Crippen LogP contribution in [0.2, 0.25) is 5.02 Å². The van der Waals surface area contributed by atoms with Gasteiger partial charge in [-0.05, 0) is 52.3 Å². The lowest BCUT2D eigenvalue weighted by molar-refractivity contribution is 0.102. The number of nitrogens with one attached hydrogen (secondary N) is 1. The molecule has 0 fully saturated rings. The smallest absolute Gasteiger partial charge is 0.255 e. The molecule has 0 saturated carbocycles. The molecule has 0 atom stereocenters. The van der Waals surface area contributed by atoms with E-state index in [2.05, 4.69) is 21.2 Å². The van der Waals surface area contributed by atoms with E-state index in [0.29, 0.717) is 15.2 Å². The number of amides is 1. The quantitative estimate of drug-likeness (QED) is 0.807. The Morgan fingerprint density at radius 1 is 1.26 bits per heavy atom. The largest absolute Gasteiger partial charge is 0.396 e. The van der Waals surface area contributed by atoms with E-state index in [1.165, 1.54) is 12.1 Å². The number of hydrogen-bond donors (Lipinski definition) is 2. The lowest BCUT2D eigenvalue weighted by atomic mass is 10.2. The minimum Gasteiger partial charge on any atom is -0.396 e. The van der Waals surface area contributed by atoms with Gasteiger partial charge >= 0.3 is 0 Å². The van der Waals surface area contributed by atoms with Crippen molar-refractivity contribution in [1.82, 2.24) is 0 Å². The predicted octanol–water partition coefficient (Wildman–Crippen LogP) is 4.08. The zero-order valence-corrected chi connectivity index (χ0v) is 11.9. The van der Waals surface area contributed by atoms with E-state index in [-0.39, 0.29) is 17.2 Å². The molecule has 0 aliphatic carbocycles. The van der Waals surface area contributed by atoms with Gasteiger partial charge in [-0.15, -0.1) is 0 Å². The van der Waals surface area contributed by atoms with Crippen LogP contribution in [-0.2, 0) is 0 Å². The Bertz CT molecular complexity index is 649. The van der Waals surface area contributed by atoms with Gasteiger partial charge in [0, 0.05) is 15.1 Å². The molecule has 0 radical (unpaired) electrons. The number of halogens is 3. The van der Waals surface area contributed by atoms with E-state index < -0.39 is 5.82 Å². The lowest BCUT2D eigenvalue weighted by Crippen LogP contribution is -2.12. The highest BCUT2D eigenvalue weighted by molar-refractivity contribution is 9.10. The van der Waals surface area contributed by atoms with Crippen molar-refractivity contribution >= 4 is 44.8 Å². The SMILES string of the molecule is Nc1cc(C(=O)Nc2ccc(Cl)cc2Br)ccc1F. The van der Waals surface area contributed by atoms with Crippen LogP contribution in [0.1, 0.15) is 10.4 Å². The van der Waals surface area contributed by atoms with Crippen LogP contribution in [-0.4, -0.2) is 5.91 Å². The van der Waals surface area contributed by atoms with E-state index >= 15 is 0 Å². The molecule has 0 aromatic heterocycles. The molecule has 3 N–H and O–H groups in total. The van der Waals surface area contributed by atoms with Gasteiger partial charge in [0.15, 0.2) is 0 Å². The van der Waals surface area contributed by atoms with E-state index in [1.807, 2.05) is 0 Å². The minimum atomic E-state index is -0.552. The lowest BCUT2D eigenvalue weighted by Gasteiger charge is -2.08. The molecular formula is C13H9BrClFN2O. The number of nitrogens with two attached hydrogens (primary N) is 1. The summed E-state index contributed by atoms with van der Waals surface area (Å²) in [5.74, 6) is -0.932. The normalized spacial score (nSPS) is 10.3. The van der Waals surface area contributed by atoms with Gasteiger partial charge in [0.05, 0.1) is 11.4 Å². The molecule has 2 rings (SSSR count). The molecule has 2 aromatic carbocycles. The highest BCUT2D eigenvalue weighted by Crippen LogP contribution is 2.26. The molecule has 2 aromatic rings. The van der Waals surface area contributed by atoms with Crippen LogP contribution in [0.25, 0.3) is 0 Å². The number of carbonyl (C=O) groups excluding carboxylic acids is 1. The highest BCUT2D eigenvalue weighted by Gasteiger charge is 2.10. The third kappa shape index (κ3) is 3.24. The van der Waals surface area contributed by atoms with Gasteiger partial charge in [0.2, 0.25) is 0 Å². The Hall–Kier alpha value is -1.59. The summed E-state index contributed by atoms with van der Waals surface area (Å²) in [6.45, 7) is 0. The maximum Gasteiger partial charge on any atom is 0.255 e. The fourth-order valence-corrected chi connectivity index (χ4v) is 2.25. The Morgan fingerprint density at radius 3 is 2.63 bits per heavy atom. The molecule has 0 aliphatic rings. The standard InChI is InChI=1S/C13H9BrClFN2O/c14-9-6-8(15)2-4-12(9)18-13(19)7-1-3-10(16)11(17)5-7/h1-6H,17H2,(H,18,19). The first kappa shape index (κ1) is 13.8. The van der Waals surface area contributed by atoms with Crippen molar-refractivity contribution in [2.75, 3.05) is 11.1 Å². The van der Waals surface area contributed by atoms with Crippen molar-refractivity contribution in [3.8, 4) is 0 Å². The molecule has 0 spiro atoms. The van der Waals surface area contributed by atoms with Crippen LogP contribution in [0.3, 0.4) is 0 Å². The van der Waals surface area contributed by atoms with Crippen molar-refractivity contribution in [2.24, 2.45) is 0 Å². The number of rotatable bonds is 2. The van der Waals surface area contributed by atoms with Crippen LogP contribution >= 0.6 is 27.5 Å². The summed E-state index contributed by atoms with van der Waals surface area (Å²) in [5, 5.41) is 3.23. The fourth-order valence-electron chi connectivity index (χ4n) is 1.47. The first-order valence-corrected chi connectivity index (χ1v) is 6.46. The van der Waals surface area contributed by atoms with Crippen LogP contribution in [0.15, 0.2) is 40.9 Å². The van der Waals surface area contributed by atoms with Gasteiger partial charge in [-0.25, -0.2) is 4.39 Å². The van der Waals surface area contributed by atoms with E-state index in [9.17, 15) is 9.18 Å². The number of anilines is 2. The summed E-state index contributed by atoms with van der Waals surface area (Å²) in [5.41, 5.74) is 6.20. The van der Waals surface area contributed by atoms with Gasteiger partial charge < -0.3 is 11.1 Å². The topological polar surface area (TPSA) is 55.1 Å². The zero-order valence-electron chi connectivity index (χ0n) is 9.58. The molecule has 6 heteroatoms. The molecule has 0 aliphatic heterocycles. The molecule has 0 bridgehead atoms. The van der Waals surface area contributed by atoms with Crippen molar-refractivity contribution < 1.29 is 9.18 Å². The molecule has 0 heterocycles.